The Bertz CT molecular complexity index is 1330. The fourth-order valence-electron chi connectivity index (χ4n) is 5.08. The standard InChI is InChI=1S/C29H31N3O2/c1-18-6-11-24(29(31-18)19-7-9-20(10-8-19)32(2)3)22-13-12-21(22)23-14-15-30-26-17-28(34-5)27(33-4)16-25(23)26/h6-11,14-17,21-22H,12-13H2,1-5H3. The predicted molar refractivity (Wildman–Crippen MR) is 138 cm³/mol. The van der Waals surface area contributed by atoms with Crippen molar-refractivity contribution in [3.05, 3.63) is 77.6 Å². The van der Waals surface area contributed by atoms with Crippen molar-refractivity contribution in [1.82, 2.24) is 9.97 Å². The van der Waals surface area contributed by atoms with Gasteiger partial charge in [0.25, 0.3) is 0 Å². The van der Waals surface area contributed by atoms with E-state index in [0.29, 0.717) is 17.6 Å². The number of aromatic nitrogens is 2. The molecule has 34 heavy (non-hydrogen) atoms. The molecule has 174 valence electrons. The Kier molecular flexibility index (Phi) is 5.86. The average molecular weight is 454 g/mol. The van der Waals surface area contributed by atoms with Crippen LogP contribution in [0.1, 0.15) is 41.5 Å². The number of benzene rings is 2. The molecule has 5 heteroatoms. The first kappa shape index (κ1) is 22.2. The lowest BCUT2D eigenvalue weighted by Gasteiger charge is -2.39. The van der Waals surface area contributed by atoms with Crippen LogP contribution >= 0.6 is 0 Å². The van der Waals surface area contributed by atoms with Crippen LogP contribution in [0.3, 0.4) is 0 Å². The summed E-state index contributed by atoms with van der Waals surface area (Å²) in [5.41, 5.74) is 8.06. The van der Waals surface area contributed by atoms with E-state index in [4.69, 9.17) is 14.5 Å². The second-order valence-electron chi connectivity index (χ2n) is 9.25. The third-order valence-electron chi connectivity index (χ3n) is 7.08. The number of hydrogen-bond acceptors (Lipinski definition) is 5. The normalized spacial score (nSPS) is 17.3. The first-order chi connectivity index (χ1) is 16.5. The average Bonchev–Trinajstić information content (AvgIpc) is 2.83. The highest BCUT2D eigenvalue weighted by molar-refractivity contribution is 5.86. The van der Waals surface area contributed by atoms with Gasteiger partial charge in [-0.25, -0.2) is 0 Å². The zero-order chi connectivity index (χ0) is 23.8. The van der Waals surface area contributed by atoms with Gasteiger partial charge >= 0.3 is 0 Å². The van der Waals surface area contributed by atoms with Gasteiger partial charge in [0, 0.05) is 48.7 Å². The van der Waals surface area contributed by atoms with Crippen LogP contribution in [-0.4, -0.2) is 38.3 Å². The summed E-state index contributed by atoms with van der Waals surface area (Å²) in [5.74, 6) is 2.26. The molecule has 2 heterocycles. The second-order valence-corrected chi connectivity index (χ2v) is 9.25. The third kappa shape index (κ3) is 3.85. The summed E-state index contributed by atoms with van der Waals surface area (Å²) in [6.07, 6.45) is 4.20. The summed E-state index contributed by atoms with van der Waals surface area (Å²) >= 11 is 0. The van der Waals surface area contributed by atoms with E-state index in [9.17, 15) is 0 Å². The number of fused-ring (bicyclic) bond motifs is 1. The van der Waals surface area contributed by atoms with Gasteiger partial charge in [-0.1, -0.05) is 18.2 Å². The van der Waals surface area contributed by atoms with Crippen LogP contribution in [0.25, 0.3) is 22.2 Å². The monoisotopic (exact) mass is 453 g/mol. The van der Waals surface area contributed by atoms with Crippen LogP contribution in [0.2, 0.25) is 0 Å². The molecule has 5 nitrogen and oxygen atoms in total. The van der Waals surface area contributed by atoms with E-state index in [-0.39, 0.29) is 0 Å². The first-order valence-corrected chi connectivity index (χ1v) is 11.8. The van der Waals surface area contributed by atoms with E-state index in [1.54, 1.807) is 14.2 Å². The van der Waals surface area contributed by atoms with Crippen LogP contribution in [0, 0.1) is 6.92 Å². The highest BCUT2D eigenvalue weighted by atomic mass is 16.5. The molecule has 2 atom stereocenters. The van der Waals surface area contributed by atoms with Crippen molar-refractivity contribution < 1.29 is 9.47 Å². The van der Waals surface area contributed by atoms with Crippen molar-refractivity contribution >= 4 is 16.6 Å². The molecule has 4 aromatic rings. The topological polar surface area (TPSA) is 47.5 Å². The van der Waals surface area contributed by atoms with Crippen LogP contribution in [0.15, 0.2) is 60.8 Å². The molecule has 0 amide bonds. The molecule has 2 aromatic heterocycles. The minimum Gasteiger partial charge on any atom is -0.493 e. The molecule has 1 aliphatic carbocycles. The van der Waals surface area contributed by atoms with Crippen molar-refractivity contribution in [2.75, 3.05) is 33.2 Å². The van der Waals surface area contributed by atoms with E-state index in [1.165, 1.54) is 22.4 Å². The zero-order valence-electron chi connectivity index (χ0n) is 20.5. The lowest BCUT2D eigenvalue weighted by Crippen LogP contribution is -2.23. The van der Waals surface area contributed by atoms with Gasteiger partial charge in [0.05, 0.1) is 25.4 Å². The fourth-order valence-corrected chi connectivity index (χ4v) is 5.08. The summed E-state index contributed by atoms with van der Waals surface area (Å²) in [4.78, 5) is 11.7. The molecule has 1 saturated carbocycles. The molecule has 0 N–H and O–H groups in total. The Morgan fingerprint density at radius 1 is 0.824 bits per heavy atom. The van der Waals surface area contributed by atoms with Gasteiger partial charge < -0.3 is 14.4 Å². The summed E-state index contributed by atoms with van der Waals surface area (Å²) in [7, 11) is 7.46. The number of nitrogens with zero attached hydrogens (tertiary/aromatic N) is 3. The van der Waals surface area contributed by atoms with Gasteiger partial charge in [-0.05, 0) is 73.1 Å². The Balaban J connectivity index is 1.57. The first-order valence-electron chi connectivity index (χ1n) is 11.8. The molecule has 0 radical (unpaired) electrons. The lowest BCUT2D eigenvalue weighted by atomic mass is 9.65. The molecule has 0 bridgehead atoms. The zero-order valence-corrected chi connectivity index (χ0v) is 20.5. The molecule has 1 aliphatic rings. The molecule has 0 aliphatic heterocycles. The largest absolute Gasteiger partial charge is 0.493 e. The Morgan fingerprint density at radius 2 is 1.50 bits per heavy atom. The van der Waals surface area contributed by atoms with Gasteiger partial charge in [0.2, 0.25) is 0 Å². The summed E-state index contributed by atoms with van der Waals surface area (Å²) in [6.45, 7) is 2.07. The smallest absolute Gasteiger partial charge is 0.162 e. The summed E-state index contributed by atoms with van der Waals surface area (Å²) in [6, 6.07) is 19.3. The molecule has 2 unspecified atom stereocenters. The highest BCUT2D eigenvalue weighted by Crippen LogP contribution is 2.52. The van der Waals surface area contributed by atoms with E-state index >= 15 is 0 Å². The molecule has 1 fully saturated rings. The molecular weight excluding hydrogens is 422 g/mol. The minimum absolute atomic E-state index is 0.410. The molecule has 0 spiro atoms. The number of rotatable bonds is 6. The molecular formula is C29H31N3O2. The number of hydrogen-bond donors (Lipinski definition) is 0. The van der Waals surface area contributed by atoms with Crippen LogP contribution in [0.5, 0.6) is 11.5 Å². The Labute approximate surface area is 201 Å². The Hall–Kier alpha value is -3.60. The predicted octanol–water partition coefficient (Wildman–Crippen LogP) is 6.35. The van der Waals surface area contributed by atoms with Crippen molar-refractivity contribution in [3.8, 4) is 22.8 Å². The van der Waals surface area contributed by atoms with Crippen LogP contribution < -0.4 is 14.4 Å². The fraction of sp³-hybridized carbons (Fsp3) is 0.310. The highest BCUT2D eigenvalue weighted by Gasteiger charge is 2.36. The molecule has 5 rings (SSSR count). The van der Waals surface area contributed by atoms with Gasteiger partial charge in [0.1, 0.15) is 0 Å². The van der Waals surface area contributed by atoms with Gasteiger partial charge in [0.15, 0.2) is 11.5 Å². The maximum absolute atomic E-state index is 5.59. The van der Waals surface area contributed by atoms with E-state index in [2.05, 4.69) is 79.4 Å². The lowest BCUT2D eigenvalue weighted by molar-refractivity contribution is 0.347. The number of ether oxygens (including phenoxy) is 2. The number of anilines is 1. The third-order valence-corrected chi connectivity index (χ3v) is 7.08. The van der Waals surface area contributed by atoms with Crippen LogP contribution in [0.4, 0.5) is 5.69 Å². The maximum atomic E-state index is 5.59. The van der Waals surface area contributed by atoms with Crippen LogP contribution in [-0.2, 0) is 0 Å². The number of pyridine rings is 2. The van der Waals surface area contributed by atoms with Crippen molar-refractivity contribution in [3.63, 3.8) is 0 Å². The number of methoxy groups -OCH3 is 2. The van der Waals surface area contributed by atoms with E-state index in [1.807, 2.05) is 12.3 Å². The maximum Gasteiger partial charge on any atom is 0.162 e. The molecule has 0 saturated heterocycles. The number of aryl methyl sites for hydroxylation is 1. The SMILES string of the molecule is COc1cc2nccc(C3CCC3c3ccc(C)nc3-c3ccc(N(C)C)cc3)c2cc1OC. The van der Waals surface area contributed by atoms with E-state index in [0.717, 1.165) is 40.9 Å². The summed E-state index contributed by atoms with van der Waals surface area (Å²) in [5, 5.41) is 1.13. The van der Waals surface area contributed by atoms with Gasteiger partial charge in [-0.3, -0.25) is 9.97 Å². The molecule has 2 aromatic carbocycles. The second kappa shape index (κ2) is 8.98. The minimum atomic E-state index is 0.410. The Morgan fingerprint density at radius 3 is 2.15 bits per heavy atom. The van der Waals surface area contributed by atoms with Gasteiger partial charge in [-0.2, -0.15) is 0 Å². The summed E-state index contributed by atoms with van der Waals surface area (Å²) < 4.78 is 11.1. The van der Waals surface area contributed by atoms with Gasteiger partial charge in [-0.15, -0.1) is 0 Å². The van der Waals surface area contributed by atoms with Crippen molar-refractivity contribution in [2.45, 2.75) is 31.6 Å². The quantitative estimate of drug-likeness (QED) is 0.340. The van der Waals surface area contributed by atoms with E-state index < -0.39 is 0 Å². The van der Waals surface area contributed by atoms with Crippen molar-refractivity contribution in [2.24, 2.45) is 0 Å². The van der Waals surface area contributed by atoms with Crippen molar-refractivity contribution in [1.29, 1.82) is 0 Å².